The van der Waals surface area contributed by atoms with Crippen molar-refractivity contribution in [3.05, 3.63) is 82.2 Å². The Morgan fingerprint density at radius 2 is 1.82 bits per heavy atom. The second-order valence-electron chi connectivity index (χ2n) is 8.80. The first kappa shape index (κ1) is 23.2. The van der Waals surface area contributed by atoms with Crippen molar-refractivity contribution < 1.29 is 4.74 Å². The summed E-state index contributed by atoms with van der Waals surface area (Å²) >= 11 is 0. The van der Waals surface area contributed by atoms with E-state index in [4.69, 9.17) is 22.3 Å². The summed E-state index contributed by atoms with van der Waals surface area (Å²) in [6.07, 6.45) is 3.64. The standard InChI is InChI=1S/C28H29N5O/c1-18-13-20(5-4-12-29)14-19(2)28(18)34-27-16-26(33-24-10-6-22(31-3)7-11-24)25(30)15-21(27)17-32-23-8-9-23/h6-7,10-11,13-16,23,32-33H,4-5,8-9,17,30H2,1-2H3. The molecule has 0 atom stereocenters. The van der Waals surface area contributed by atoms with Crippen LogP contribution in [-0.2, 0) is 13.0 Å². The van der Waals surface area contributed by atoms with Crippen molar-refractivity contribution in [3.8, 4) is 17.6 Å². The molecule has 4 rings (SSSR count). The van der Waals surface area contributed by atoms with E-state index in [0.717, 1.165) is 51.5 Å². The molecule has 0 aliphatic heterocycles. The molecule has 0 unspecified atom stereocenters. The summed E-state index contributed by atoms with van der Waals surface area (Å²) < 4.78 is 6.51. The smallest absolute Gasteiger partial charge is 0.187 e. The maximum atomic E-state index is 8.91. The number of anilines is 3. The van der Waals surface area contributed by atoms with Crippen LogP contribution in [0.2, 0.25) is 0 Å². The average molecular weight is 452 g/mol. The van der Waals surface area contributed by atoms with Crippen LogP contribution in [0.3, 0.4) is 0 Å². The molecule has 1 aliphatic carbocycles. The van der Waals surface area contributed by atoms with Gasteiger partial charge in [-0.05, 0) is 68.0 Å². The zero-order chi connectivity index (χ0) is 24.1. The number of nitrogens with zero attached hydrogens (tertiary/aromatic N) is 2. The third-order valence-corrected chi connectivity index (χ3v) is 5.92. The number of hydrogen-bond acceptors (Lipinski definition) is 5. The lowest BCUT2D eigenvalue weighted by Crippen LogP contribution is -2.16. The number of aryl methyl sites for hydroxylation is 3. The topological polar surface area (TPSA) is 87.5 Å². The third-order valence-electron chi connectivity index (χ3n) is 5.92. The first-order chi connectivity index (χ1) is 16.5. The van der Waals surface area contributed by atoms with Gasteiger partial charge >= 0.3 is 0 Å². The van der Waals surface area contributed by atoms with E-state index in [2.05, 4.69) is 33.7 Å². The molecule has 3 aromatic carbocycles. The predicted molar refractivity (Wildman–Crippen MR) is 137 cm³/mol. The maximum absolute atomic E-state index is 8.91. The Morgan fingerprint density at radius 1 is 1.12 bits per heavy atom. The summed E-state index contributed by atoms with van der Waals surface area (Å²) in [5.41, 5.74) is 13.5. The molecule has 0 radical (unpaired) electrons. The monoisotopic (exact) mass is 451 g/mol. The fraction of sp³-hybridized carbons (Fsp3) is 0.286. The highest BCUT2D eigenvalue weighted by Crippen LogP contribution is 2.37. The Kier molecular flexibility index (Phi) is 7.01. The normalized spacial score (nSPS) is 12.6. The molecule has 0 bridgehead atoms. The second kappa shape index (κ2) is 10.3. The van der Waals surface area contributed by atoms with Crippen molar-refractivity contribution in [2.24, 2.45) is 0 Å². The van der Waals surface area contributed by atoms with Crippen molar-refractivity contribution in [2.45, 2.75) is 52.1 Å². The fourth-order valence-electron chi connectivity index (χ4n) is 3.96. The molecule has 0 saturated heterocycles. The SMILES string of the molecule is [C-]#[N+]c1ccc(Nc2cc(Oc3c(C)cc(CCC#N)cc3C)c(CNC3CC3)cc2N)cc1. The Balaban J connectivity index is 1.65. The number of benzene rings is 3. The number of nitriles is 1. The highest BCUT2D eigenvalue weighted by Gasteiger charge is 2.21. The van der Waals surface area contributed by atoms with Crippen LogP contribution in [-0.4, -0.2) is 6.04 Å². The zero-order valence-corrected chi connectivity index (χ0v) is 19.6. The molecule has 0 spiro atoms. The minimum absolute atomic E-state index is 0.500. The summed E-state index contributed by atoms with van der Waals surface area (Å²) in [5.74, 6) is 1.57. The molecule has 0 heterocycles. The summed E-state index contributed by atoms with van der Waals surface area (Å²) in [6, 6.07) is 18.2. The van der Waals surface area contributed by atoms with E-state index in [1.54, 1.807) is 12.1 Å². The summed E-state index contributed by atoms with van der Waals surface area (Å²) in [7, 11) is 0. The van der Waals surface area contributed by atoms with Crippen molar-refractivity contribution >= 4 is 22.7 Å². The fourth-order valence-corrected chi connectivity index (χ4v) is 3.96. The lowest BCUT2D eigenvalue weighted by atomic mass is 10.0. The number of rotatable bonds is 9. The number of nitrogen functional groups attached to an aromatic ring is 1. The van der Waals surface area contributed by atoms with Gasteiger partial charge in [0.2, 0.25) is 0 Å². The molecule has 1 saturated carbocycles. The molecule has 1 fully saturated rings. The van der Waals surface area contributed by atoms with Gasteiger partial charge in [0, 0.05) is 36.3 Å². The number of nitrogens with two attached hydrogens (primary N) is 1. The quantitative estimate of drug-likeness (QED) is 0.249. The van der Waals surface area contributed by atoms with Gasteiger partial charge in [-0.25, -0.2) is 4.85 Å². The average Bonchev–Trinajstić information content (AvgIpc) is 3.66. The highest BCUT2D eigenvalue weighted by molar-refractivity contribution is 5.76. The summed E-state index contributed by atoms with van der Waals surface area (Å²) in [6.45, 7) is 11.9. The van der Waals surface area contributed by atoms with E-state index in [0.29, 0.717) is 30.4 Å². The van der Waals surface area contributed by atoms with E-state index >= 15 is 0 Å². The molecule has 3 aromatic rings. The van der Waals surface area contributed by atoms with Crippen LogP contribution in [0, 0.1) is 31.8 Å². The molecule has 4 N–H and O–H groups in total. The Bertz CT molecular complexity index is 1240. The van der Waals surface area contributed by atoms with Crippen molar-refractivity contribution in [3.63, 3.8) is 0 Å². The third kappa shape index (κ3) is 5.67. The van der Waals surface area contributed by atoms with E-state index in [9.17, 15) is 0 Å². The summed E-state index contributed by atoms with van der Waals surface area (Å²) in [5, 5.41) is 15.8. The molecule has 34 heavy (non-hydrogen) atoms. The van der Waals surface area contributed by atoms with Gasteiger partial charge in [-0.2, -0.15) is 5.26 Å². The van der Waals surface area contributed by atoms with Crippen LogP contribution in [0.5, 0.6) is 11.5 Å². The van der Waals surface area contributed by atoms with Crippen LogP contribution in [0.25, 0.3) is 4.85 Å². The van der Waals surface area contributed by atoms with Gasteiger partial charge in [-0.15, -0.1) is 0 Å². The van der Waals surface area contributed by atoms with E-state index in [-0.39, 0.29) is 0 Å². The summed E-state index contributed by atoms with van der Waals surface area (Å²) in [4.78, 5) is 3.44. The minimum Gasteiger partial charge on any atom is -0.456 e. The van der Waals surface area contributed by atoms with E-state index in [1.807, 2.05) is 38.1 Å². The lowest BCUT2D eigenvalue weighted by Gasteiger charge is -2.19. The van der Waals surface area contributed by atoms with E-state index in [1.165, 1.54) is 12.8 Å². The molecule has 6 nitrogen and oxygen atoms in total. The number of hydrogen-bond donors (Lipinski definition) is 3. The molecular weight excluding hydrogens is 422 g/mol. The lowest BCUT2D eigenvalue weighted by molar-refractivity contribution is 0.465. The Labute approximate surface area is 201 Å². The van der Waals surface area contributed by atoms with Crippen LogP contribution in [0.4, 0.5) is 22.7 Å². The highest BCUT2D eigenvalue weighted by atomic mass is 16.5. The van der Waals surface area contributed by atoms with Crippen molar-refractivity contribution in [1.29, 1.82) is 5.26 Å². The molecule has 6 heteroatoms. The van der Waals surface area contributed by atoms with Crippen LogP contribution in [0.15, 0.2) is 48.5 Å². The van der Waals surface area contributed by atoms with Gasteiger partial charge in [0.1, 0.15) is 11.5 Å². The van der Waals surface area contributed by atoms with Crippen molar-refractivity contribution in [2.75, 3.05) is 11.1 Å². The van der Waals surface area contributed by atoms with Crippen LogP contribution >= 0.6 is 0 Å². The van der Waals surface area contributed by atoms with Crippen molar-refractivity contribution in [1.82, 2.24) is 5.32 Å². The molecule has 1 aliphatic rings. The van der Waals surface area contributed by atoms with E-state index < -0.39 is 0 Å². The molecule has 172 valence electrons. The Morgan fingerprint density at radius 3 is 2.44 bits per heavy atom. The van der Waals surface area contributed by atoms with Gasteiger partial charge in [0.15, 0.2) is 5.69 Å². The first-order valence-corrected chi connectivity index (χ1v) is 11.5. The first-order valence-electron chi connectivity index (χ1n) is 11.5. The largest absolute Gasteiger partial charge is 0.456 e. The van der Waals surface area contributed by atoms with Gasteiger partial charge in [-0.1, -0.05) is 24.3 Å². The molecule has 0 amide bonds. The molecule has 0 aromatic heterocycles. The minimum atomic E-state index is 0.500. The number of ether oxygens (including phenoxy) is 1. The predicted octanol–water partition coefficient (Wildman–Crippen LogP) is 6.68. The second-order valence-corrected chi connectivity index (χ2v) is 8.80. The van der Waals surface area contributed by atoms with Gasteiger partial charge in [-0.3, -0.25) is 0 Å². The number of nitrogens with one attached hydrogen (secondary N) is 2. The maximum Gasteiger partial charge on any atom is 0.187 e. The molecular formula is C28H29N5O. The Hall–Kier alpha value is -4.00. The van der Waals surface area contributed by atoms with Gasteiger partial charge < -0.3 is 21.1 Å². The van der Waals surface area contributed by atoms with Gasteiger partial charge in [0.05, 0.1) is 24.0 Å². The van der Waals surface area contributed by atoms with Crippen LogP contribution in [0.1, 0.15) is 41.5 Å². The van der Waals surface area contributed by atoms with Gasteiger partial charge in [0.25, 0.3) is 0 Å². The van der Waals surface area contributed by atoms with Crippen LogP contribution < -0.4 is 21.1 Å². The zero-order valence-electron chi connectivity index (χ0n) is 19.6.